The van der Waals surface area contributed by atoms with Crippen molar-refractivity contribution in [3.8, 4) is 0 Å². The molecule has 0 bridgehead atoms. The summed E-state index contributed by atoms with van der Waals surface area (Å²) in [6.45, 7) is 16.5. The van der Waals surface area contributed by atoms with E-state index in [2.05, 4.69) is 64.1 Å². The molecule has 0 aliphatic carbocycles. The van der Waals surface area contributed by atoms with Gasteiger partial charge in [-0.05, 0) is 74.5 Å². The molecule has 36 heavy (non-hydrogen) atoms. The molecule has 1 aliphatic rings. The van der Waals surface area contributed by atoms with Crippen molar-refractivity contribution in [3.63, 3.8) is 0 Å². The first-order chi connectivity index (χ1) is 17.3. The van der Waals surface area contributed by atoms with Gasteiger partial charge in [0.15, 0.2) is 5.82 Å². The first kappa shape index (κ1) is 26.4. The van der Waals surface area contributed by atoms with Crippen molar-refractivity contribution >= 4 is 10.9 Å². The SMILES string of the molecule is CCCC(c1nnnn1C(C)(C)C)N(CCCN1CCOCC1)Cc1cc2cccc(C)c2[nH]c1=O. The fourth-order valence-corrected chi connectivity index (χ4v) is 5.06. The molecule has 4 rings (SSSR count). The highest BCUT2D eigenvalue weighted by Gasteiger charge is 2.30. The Hall–Kier alpha value is -2.62. The average Bonchev–Trinajstić information content (AvgIpc) is 3.34. The van der Waals surface area contributed by atoms with Gasteiger partial charge in [-0.3, -0.25) is 14.6 Å². The van der Waals surface area contributed by atoms with Crippen molar-refractivity contribution in [2.75, 3.05) is 39.4 Å². The molecule has 0 amide bonds. The Kier molecular flexibility index (Phi) is 8.54. The summed E-state index contributed by atoms with van der Waals surface area (Å²) >= 11 is 0. The van der Waals surface area contributed by atoms with Crippen LogP contribution in [0.3, 0.4) is 0 Å². The molecule has 196 valence electrons. The molecule has 0 spiro atoms. The maximum absolute atomic E-state index is 13.2. The van der Waals surface area contributed by atoms with Crippen LogP contribution in [0.15, 0.2) is 29.1 Å². The van der Waals surface area contributed by atoms with E-state index in [1.54, 1.807) is 0 Å². The summed E-state index contributed by atoms with van der Waals surface area (Å²) < 4.78 is 7.45. The Morgan fingerprint density at radius 1 is 1.22 bits per heavy atom. The van der Waals surface area contributed by atoms with Crippen LogP contribution in [0, 0.1) is 6.92 Å². The quantitative estimate of drug-likeness (QED) is 0.459. The number of H-pyrrole nitrogens is 1. The van der Waals surface area contributed by atoms with E-state index < -0.39 is 0 Å². The number of benzene rings is 1. The lowest BCUT2D eigenvalue weighted by atomic mass is 10.0. The van der Waals surface area contributed by atoms with Crippen molar-refractivity contribution in [1.82, 2.24) is 35.0 Å². The number of para-hydroxylation sites is 1. The van der Waals surface area contributed by atoms with E-state index in [4.69, 9.17) is 4.74 Å². The number of aryl methyl sites for hydroxylation is 1. The van der Waals surface area contributed by atoms with Crippen molar-refractivity contribution in [2.45, 2.75) is 72.0 Å². The minimum Gasteiger partial charge on any atom is -0.379 e. The Morgan fingerprint density at radius 3 is 2.72 bits per heavy atom. The molecule has 9 nitrogen and oxygen atoms in total. The zero-order valence-electron chi connectivity index (χ0n) is 22.5. The molecule has 3 aromatic rings. The van der Waals surface area contributed by atoms with E-state index in [0.717, 1.165) is 86.5 Å². The maximum atomic E-state index is 13.2. The lowest BCUT2D eigenvalue weighted by Gasteiger charge is -2.34. The fraction of sp³-hybridized carbons (Fsp3) is 0.630. The normalized spacial score (nSPS) is 16.2. The summed E-state index contributed by atoms with van der Waals surface area (Å²) in [7, 11) is 0. The second-order valence-electron chi connectivity index (χ2n) is 10.9. The molecule has 1 atom stereocenters. The number of nitrogens with zero attached hydrogens (tertiary/aromatic N) is 6. The molecular weight excluding hydrogens is 454 g/mol. The number of rotatable bonds is 10. The smallest absolute Gasteiger partial charge is 0.252 e. The number of morpholine rings is 1. The van der Waals surface area contributed by atoms with Crippen LogP contribution >= 0.6 is 0 Å². The molecule has 0 radical (unpaired) electrons. The number of aromatic amines is 1. The van der Waals surface area contributed by atoms with Crippen molar-refractivity contribution in [2.24, 2.45) is 0 Å². The molecule has 1 saturated heterocycles. The number of nitrogens with one attached hydrogen (secondary N) is 1. The van der Waals surface area contributed by atoms with E-state index in [0.29, 0.717) is 6.54 Å². The van der Waals surface area contributed by atoms with Gasteiger partial charge in [0.25, 0.3) is 5.56 Å². The Labute approximate surface area is 213 Å². The van der Waals surface area contributed by atoms with Crippen LogP contribution in [0.25, 0.3) is 10.9 Å². The van der Waals surface area contributed by atoms with Gasteiger partial charge in [0, 0.05) is 31.7 Å². The van der Waals surface area contributed by atoms with Gasteiger partial charge in [-0.15, -0.1) is 5.10 Å². The third-order valence-corrected chi connectivity index (χ3v) is 6.99. The van der Waals surface area contributed by atoms with Crippen molar-refractivity contribution < 1.29 is 4.74 Å². The molecule has 1 unspecified atom stereocenters. The number of hydrogen-bond donors (Lipinski definition) is 1. The van der Waals surface area contributed by atoms with Gasteiger partial charge >= 0.3 is 0 Å². The monoisotopic (exact) mass is 495 g/mol. The molecular formula is C27H41N7O2. The minimum absolute atomic E-state index is 0.0153. The van der Waals surface area contributed by atoms with E-state index in [1.807, 2.05) is 29.8 Å². The number of pyridine rings is 1. The molecule has 9 heteroatoms. The van der Waals surface area contributed by atoms with Crippen LogP contribution in [0.1, 0.15) is 70.0 Å². The maximum Gasteiger partial charge on any atom is 0.252 e. The summed E-state index contributed by atoms with van der Waals surface area (Å²) in [5, 5.41) is 13.9. The summed E-state index contributed by atoms with van der Waals surface area (Å²) in [5.41, 5.74) is 2.50. The molecule has 0 saturated carbocycles. The topological polar surface area (TPSA) is 92.2 Å². The van der Waals surface area contributed by atoms with Crippen LogP contribution in [-0.2, 0) is 16.8 Å². The molecule has 1 N–H and O–H groups in total. The van der Waals surface area contributed by atoms with Crippen LogP contribution < -0.4 is 5.56 Å². The zero-order valence-corrected chi connectivity index (χ0v) is 22.5. The van der Waals surface area contributed by atoms with Gasteiger partial charge in [0.1, 0.15) is 0 Å². The largest absolute Gasteiger partial charge is 0.379 e. The van der Waals surface area contributed by atoms with Crippen LogP contribution in [0.2, 0.25) is 0 Å². The first-order valence-corrected chi connectivity index (χ1v) is 13.2. The van der Waals surface area contributed by atoms with E-state index in [-0.39, 0.29) is 17.1 Å². The van der Waals surface area contributed by atoms with Gasteiger partial charge in [-0.1, -0.05) is 31.5 Å². The predicted molar refractivity (Wildman–Crippen MR) is 142 cm³/mol. The van der Waals surface area contributed by atoms with Crippen molar-refractivity contribution in [3.05, 3.63) is 51.6 Å². The third kappa shape index (κ3) is 6.19. The van der Waals surface area contributed by atoms with Gasteiger partial charge in [-0.25, -0.2) is 4.68 Å². The summed E-state index contributed by atoms with van der Waals surface area (Å²) in [6.07, 6.45) is 2.91. The number of ether oxygens (including phenoxy) is 1. The van der Waals surface area contributed by atoms with E-state index in [9.17, 15) is 4.79 Å². The van der Waals surface area contributed by atoms with Gasteiger partial charge in [-0.2, -0.15) is 0 Å². The lowest BCUT2D eigenvalue weighted by molar-refractivity contribution is 0.0347. The molecule has 3 heterocycles. The number of fused-ring (bicyclic) bond motifs is 1. The average molecular weight is 496 g/mol. The molecule has 1 fully saturated rings. The molecule has 1 aliphatic heterocycles. The minimum atomic E-state index is -0.234. The van der Waals surface area contributed by atoms with Crippen LogP contribution in [-0.4, -0.2) is 74.4 Å². The predicted octanol–water partition coefficient (Wildman–Crippen LogP) is 3.64. The number of tetrazole rings is 1. The third-order valence-electron chi connectivity index (χ3n) is 6.99. The Balaban J connectivity index is 1.65. The summed E-state index contributed by atoms with van der Waals surface area (Å²) in [5.74, 6) is 0.865. The summed E-state index contributed by atoms with van der Waals surface area (Å²) in [4.78, 5) is 21.2. The highest BCUT2D eigenvalue weighted by molar-refractivity contribution is 5.81. The second kappa shape index (κ2) is 11.6. The standard InChI is InChI=1S/C27H41N7O2/c1-6-9-23(25-29-30-31-34(25)27(3,4)5)33(13-8-12-32-14-16-36-17-15-32)19-22-18-21-11-7-10-20(2)24(21)28-26(22)35/h7,10-11,18,23H,6,8-9,12-17,19H2,1-5H3,(H,28,35). The van der Waals surface area contributed by atoms with E-state index in [1.165, 1.54) is 0 Å². The first-order valence-electron chi connectivity index (χ1n) is 13.2. The number of hydrogen-bond acceptors (Lipinski definition) is 7. The highest BCUT2D eigenvalue weighted by Crippen LogP contribution is 2.29. The number of aromatic nitrogens is 5. The highest BCUT2D eigenvalue weighted by atomic mass is 16.5. The lowest BCUT2D eigenvalue weighted by Crippen LogP contribution is -2.39. The van der Waals surface area contributed by atoms with Crippen LogP contribution in [0.5, 0.6) is 0 Å². The second-order valence-corrected chi connectivity index (χ2v) is 10.9. The molecule has 2 aromatic heterocycles. The van der Waals surface area contributed by atoms with Gasteiger partial charge < -0.3 is 9.72 Å². The Bertz CT molecular complexity index is 1190. The van der Waals surface area contributed by atoms with Gasteiger partial charge in [0.05, 0.1) is 30.3 Å². The van der Waals surface area contributed by atoms with Gasteiger partial charge in [0.2, 0.25) is 0 Å². The Morgan fingerprint density at radius 2 is 2.00 bits per heavy atom. The van der Waals surface area contributed by atoms with Crippen molar-refractivity contribution in [1.29, 1.82) is 0 Å². The zero-order chi connectivity index (χ0) is 25.7. The fourth-order valence-electron chi connectivity index (χ4n) is 5.06. The summed E-state index contributed by atoms with van der Waals surface area (Å²) in [6, 6.07) is 8.19. The molecule has 1 aromatic carbocycles. The van der Waals surface area contributed by atoms with Crippen LogP contribution in [0.4, 0.5) is 0 Å². The van der Waals surface area contributed by atoms with E-state index >= 15 is 0 Å².